The summed E-state index contributed by atoms with van der Waals surface area (Å²) in [6, 6.07) is 6.46. The van der Waals surface area contributed by atoms with E-state index in [0.717, 1.165) is 5.56 Å². The second-order valence-electron chi connectivity index (χ2n) is 3.88. The summed E-state index contributed by atoms with van der Waals surface area (Å²) in [7, 11) is 1.34. The first-order valence-corrected chi connectivity index (χ1v) is 6.45. The summed E-state index contributed by atoms with van der Waals surface area (Å²) in [5, 5.41) is 11.9. The molecule has 18 heavy (non-hydrogen) atoms. The van der Waals surface area contributed by atoms with E-state index < -0.39 is 12.0 Å². The van der Waals surface area contributed by atoms with E-state index >= 15 is 0 Å². The molecule has 2 atom stereocenters. The molecule has 1 aliphatic rings. The molecule has 1 saturated heterocycles. The molecule has 1 aliphatic heterocycles. The van der Waals surface area contributed by atoms with Crippen molar-refractivity contribution in [2.45, 2.75) is 11.4 Å². The monoisotopic (exact) mass is 267 g/mol. The summed E-state index contributed by atoms with van der Waals surface area (Å²) in [5.74, 6) is -0.674. The molecule has 0 radical (unpaired) electrons. The maximum atomic E-state index is 11.3. The van der Waals surface area contributed by atoms with Gasteiger partial charge in [-0.05, 0) is 17.7 Å². The summed E-state index contributed by atoms with van der Waals surface area (Å²) < 4.78 is 4.61. The van der Waals surface area contributed by atoms with Gasteiger partial charge in [-0.1, -0.05) is 12.1 Å². The molecule has 1 aromatic rings. The minimum atomic E-state index is -0.837. The number of carbonyl (C=O) groups excluding carboxylic acids is 1. The van der Waals surface area contributed by atoms with Crippen LogP contribution in [0.4, 0.5) is 0 Å². The number of ether oxygens (including phenoxy) is 1. The number of rotatable bonds is 3. The third-order valence-electron chi connectivity index (χ3n) is 2.71. The molecule has 0 amide bonds. The molecule has 0 bridgehead atoms. The number of carboxylic acid groups (broad SMARTS) is 1. The number of nitrogens with one attached hydrogen (secondary N) is 1. The van der Waals surface area contributed by atoms with E-state index in [2.05, 4.69) is 10.1 Å². The number of esters is 1. The molecule has 1 heterocycles. The Morgan fingerprint density at radius 2 is 2.06 bits per heavy atom. The van der Waals surface area contributed by atoms with Gasteiger partial charge in [-0.25, -0.2) is 4.79 Å². The molecule has 1 fully saturated rings. The summed E-state index contributed by atoms with van der Waals surface area (Å²) in [6.07, 6.45) is 0. The van der Waals surface area contributed by atoms with Crippen LogP contribution in [0.15, 0.2) is 24.3 Å². The van der Waals surface area contributed by atoms with E-state index in [1.54, 1.807) is 36.0 Å². The maximum Gasteiger partial charge on any atom is 0.337 e. The summed E-state index contributed by atoms with van der Waals surface area (Å²) in [5.41, 5.74) is 1.44. The van der Waals surface area contributed by atoms with E-state index in [4.69, 9.17) is 5.11 Å². The smallest absolute Gasteiger partial charge is 0.337 e. The van der Waals surface area contributed by atoms with E-state index in [-0.39, 0.29) is 11.3 Å². The average Bonchev–Trinajstić information content (AvgIpc) is 2.88. The van der Waals surface area contributed by atoms with Gasteiger partial charge in [0.15, 0.2) is 0 Å². The van der Waals surface area contributed by atoms with Crippen molar-refractivity contribution in [3.63, 3.8) is 0 Å². The third-order valence-corrected chi connectivity index (χ3v) is 3.98. The molecule has 0 saturated carbocycles. The van der Waals surface area contributed by atoms with Crippen LogP contribution in [-0.2, 0) is 9.53 Å². The Morgan fingerprint density at radius 1 is 1.39 bits per heavy atom. The van der Waals surface area contributed by atoms with Crippen molar-refractivity contribution >= 4 is 23.7 Å². The molecule has 6 heteroatoms. The van der Waals surface area contributed by atoms with E-state index in [1.165, 1.54) is 7.11 Å². The Labute approximate surface area is 109 Å². The van der Waals surface area contributed by atoms with Gasteiger partial charge in [0.05, 0.1) is 18.0 Å². The highest BCUT2D eigenvalue weighted by atomic mass is 32.2. The number of thioether (sulfide) groups is 1. The summed E-state index contributed by atoms with van der Waals surface area (Å²) in [4.78, 5) is 22.1. The Balaban J connectivity index is 2.07. The second kappa shape index (κ2) is 5.41. The fraction of sp³-hybridized carbons (Fsp3) is 0.333. The van der Waals surface area contributed by atoms with Gasteiger partial charge in [0.2, 0.25) is 0 Å². The fourth-order valence-corrected chi connectivity index (χ4v) is 2.95. The van der Waals surface area contributed by atoms with Crippen molar-refractivity contribution in [1.29, 1.82) is 0 Å². The minimum absolute atomic E-state index is 0.0437. The first-order valence-electron chi connectivity index (χ1n) is 5.40. The molecule has 2 rings (SSSR count). The predicted octanol–water partition coefficient (Wildman–Crippen LogP) is 1.26. The van der Waals surface area contributed by atoms with Crippen LogP contribution >= 0.6 is 11.8 Å². The third kappa shape index (κ3) is 2.65. The number of hydrogen-bond acceptors (Lipinski definition) is 5. The number of benzene rings is 1. The fourth-order valence-electron chi connectivity index (χ4n) is 1.72. The highest BCUT2D eigenvalue weighted by Gasteiger charge is 2.30. The van der Waals surface area contributed by atoms with Crippen LogP contribution in [0.3, 0.4) is 0 Å². The number of carbonyl (C=O) groups is 2. The zero-order valence-corrected chi connectivity index (χ0v) is 10.6. The molecule has 0 unspecified atom stereocenters. The lowest BCUT2D eigenvalue weighted by Gasteiger charge is -2.11. The van der Waals surface area contributed by atoms with Crippen LogP contribution in [0.1, 0.15) is 21.3 Å². The topological polar surface area (TPSA) is 75.6 Å². The zero-order chi connectivity index (χ0) is 13.1. The molecular formula is C12H13NO4S. The first-order chi connectivity index (χ1) is 8.61. The zero-order valence-electron chi connectivity index (χ0n) is 9.75. The van der Waals surface area contributed by atoms with Gasteiger partial charge in [-0.15, -0.1) is 11.8 Å². The Hall–Kier alpha value is -1.53. The van der Waals surface area contributed by atoms with Gasteiger partial charge in [0, 0.05) is 5.75 Å². The number of methoxy groups -OCH3 is 1. The Morgan fingerprint density at radius 3 is 2.56 bits per heavy atom. The van der Waals surface area contributed by atoms with E-state index in [1.807, 2.05) is 0 Å². The molecule has 0 spiro atoms. The SMILES string of the molecule is COC(=O)c1ccc([C@H]2N[C@@H](C(=O)O)CS2)cc1. The van der Waals surface area contributed by atoms with E-state index in [9.17, 15) is 9.59 Å². The lowest BCUT2D eigenvalue weighted by atomic mass is 10.1. The molecular weight excluding hydrogens is 254 g/mol. The normalized spacial score (nSPS) is 22.7. The lowest BCUT2D eigenvalue weighted by molar-refractivity contribution is -0.138. The average molecular weight is 267 g/mol. The van der Waals surface area contributed by atoms with Crippen LogP contribution < -0.4 is 5.32 Å². The first kappa shape index (κ1) is 12.9. The molecule has 5 nitrogen and oxygen atoms in total. The standard InChI is InChI=1S/C12H13NO4S/c1-17-12(16)8-4-2-7(3-5-8)10-13-9(6-18-10)11(14)15/h2-5,9-10,13H,6H2,1H3,(H,14,15)/t9-,10+/m1/s1. The highest BCUT2D eigenvalue weighted by molar-refractivity contribution is 7.99. The van der Waals surface area contributed by atoms with Gasteiger partial charge in [-0.2, -0.15) is 0 Å². The van der Waals surface area contributed by atoms with Gasteiger partial charge in [0.25, 0.3) is 0 Å². The largest absolute Gasteiger partial charge is 0.480 e. The summed E-state index contributed by atoms with van der Waals surface area (Å²) >= 11 is 1.54. The van der Waals surface area contributed by atoms with Crippen molar-refractivity contribution in [2.24, 2.45) is 0 Å². The van der Waals surface area contributed by atoms with Crippen LogP contribution in [-0.4, -0.2) is 35.9 Å². The maximum absolute atomic E-state index is 11.3. The number of carboxylic acids is 1. The molecule has 1 aromatic carbocycles. The predicted molar refractivity (Wildman–Crippen MR) is 67.5 cm³/mol. The highest BCUT2D eigenvalue weighted by Crippen LogP contribution is 2.32. The van der Waals surface area contributed by atoms with Crippen LogP contribution in [0.25, 0.3) is 0 Å². The van der Waals surface area contributed by atoms with Crippen molar-refractivity contribution in [2.75, 3.05) is 12.9 Å². The number of hydrogen-bond donors (Lipinski definition) is 2. The number of aliphatic carboxylic acids is 1. The molecule has 0 aromatic heterocycles. The van der Waals surface area contributed by atoms with Crippen molar-refractivity contribution in [1.82, 2.24) is 5.32 Å². The molecule has 96 valence electrons. The van der Waals surface area contributed by atoms with Gasteiger partial charge in [-0.3, -0.25) is 10.1 Å². The lowest BCUT2D eigenvalue weighted by Crippen LogP contribution is -2.33. The molecule has 0 aliphatic carbocycles. The van der Waals surface area contributed by atoms with Crippen molar-refractivity contribution in [3.8, 4) is 0 Å². The van der Waals surface area contributed by atoms with E-state index in [0.29, 0.717) is 11.3 Å². The Kier molecular flexibility index (Phi) is 3.88. The van der Waals surface area contributed by atoms with Gasteiger partial charge in [0.1, 0.15) is 6.04 Å². The van der Waals surface area contributed by atoms with Crippen LogP contribution in [0.5, 0.6) is 0 Å². The van der Waals surface area contributed by atoms with Crippen LogP contribution in [0, 0.1) is 0 Å². The second-order valence-corrected chi connectivity index (χ2v) is 5.02. The van der Waals surface area contributed by atoms with Crippen LogP contribution in [0.2, 0.25) is 0 Å². The molecule has 2 N–H and O–H groups in total. The quantitative estimate of drug-likeness (QED) is 0.803. The summed E-state index contributed by atoms with van der Waals surface area (Å²) in [6.45, 7) is 0. The van der Waals surface area contributed by atoms with Crippen molar-refractivity contribution in [3.05, 3.63) is 35.4 Å². The van der Waals surface area contributed by atoms with Crippen molar-refractivity contribution < 1.29 is 19.4 Å². The van der Waals surface area contributed by atoms with Gasteiger partial charge < -0.3 is 9.84 Å². The minimum Gasteiger partial charge on any atom is -0.480 e. The van der Waals surface area contributed by atoms with Gasteiger partial charge >= 0.3 is 11.9 Å². The Bertz CT molecular complexity index is 460.